The summed E-state index contributed by atoms with van der Waals surface area (Å²) in [6.45, 7) is 7.15. The van der Waals surface area contributed by atoms with E-state index in [1.165, 1.54) is 0 Å². The summed E-state index contributed by atoms with van der Waals surface area (Å²) in [6.07, 6.45) is -0.591. The first-order valence-corrected chi connectivity index (χ1v) is 10.0. The molecule has 0 saturated carbocycles. The average Bonchev–Trinajstić information content (AvgIpc) is 2.76. The minimum atomic E-state index is -0.812. The summed E-state index contributed by atoms with van der Waals surface area (Å²) in [7, 11) is 0. The van der Waals surface area contributed by atoms with Gasteiger partial charge >= 0.3 is 0 Å². The zero-order valence-electron chi connectivity index (χ0n) is 16.9. The van der Waals surface area contributed by atoms with Gasteiger partial charge in [0.2, 0.25) is 0 Å². The van der Waals surface area contributed by atoms with Crippen LogP contribution in [0.3, 0.4) is 0 Å². The van der Waals surface area contributed by atoms with Crippen molar-refractivity contribution in [3.05, 3.63) is 84.4 Å². The summed E-state index contributed by atoms with van der Waals surface area (Å²) >= 11 is 0. The number of hydrogen-bond donors (Lipinski definition) is 1. The Hall–Kier alpha value is -2.02. The van der Waals surface area contributed by atoms with E-state index in [4.69, 9.17) is 18.9 Å². The highest BCUT2D eigenvalue weighted by atomic mass is 16.7. The van der Waals surface area contributed by atoms with Crippen molar-refractivity contribution in [1.29, 1.82) is 0 Å². The van der Waals surface area contributed by atoms with E-state index in [-0.39, 0.29) is 12.5 Å². The van der Waals surface area contributed by atoms with Crippen LogP contribution in [0.5, 0.6) is 0 Å². The fourth-order valence-electron chi connectivity index (χ4n) is 3.43. The molecular weight excluding hydrogens is 368 g/mol. The van der Waals surface area contributed by atoms with Crippen molar-refractivity contribution < 1.29 is 24.1 Å². The summed E-state index contributed by atoms with van der Waals surface area (Å²) < 4.78 is 23.7. The van der Waals surface area contributed by atoms with Crippen molar-refractivity contribution in [2.75, 3.05) is 13.2 Å². The zero-order chi connectivity index (χ0) is 20.5. The molecule has 0 spiro atoms. The zero-order valence-corrected chi connectivity index (χ0v) is 16.9. The Morgan fingerprint density at radius 3 is 2.21 bits per heavy atom. The van der Waals surface area contributed by atoms with Crippen LogP contribution in [0.1, 0.15) is 18.1 Å². The van der Waals surface area contributed by atoms with Gasteiger partial charge in [-0.25, -0.2) is 0 Å². The Balaban J connectivity index is 1.62. The molecule has 0 aromatic heterocycles. The third-order valence-corrected chi connectivity index (χ3v) is 5.03. The molecule has 3 rings (SSSR count). The van der Waals surface area contributed by atoms with Gasteiger partial charge in [-0.05, 0) is 11.1 Å². The lowest BCUT2D eigenvalue weighted by Crippen LogP contribution is -2.56. The lowest BCUT2D eigenvalue weighted by molar-refractivity contribution is -0.290. The summed E-state index contributed by atoms with van der Waals surface area (Å²) in [5, 5.41) is 10.9. The molecule has 2 unspecified atom stereocenters. The van der Waals surface area contributed by atoms with Crippen molar-refractivity contribution >= 4 is 0 Å². The van der Waals surface area contributed by atoms with Crippen molar-refractivity contribution in [1.82, 2.24) is 0 Å². The number of ether oxygens (including phenoxy) is 4. The fourth-order valence-corrected chi connectivity index (χ4v) is 3.43. The second-order valence-electron chi connectivity index (χ2n) is 7.28. The first-order valence-electron chi connectivity index (χ1n) is 10.0. The molecule has 5 atom stereocenters. The largest absolute Gasteiger partial charge is 0.388 e. The molecule has 0 radical (unpaired) electrons. The first-order chi connectivity index (χ1) is 14.2. The van der Waals surface area contributed by atoms with Gasteiger partial charge in [-0.15, -0.1) is 6.58 Å². The Kier molecular flexibility index (Phi) is 8.40. The number of aliphatic hydroxyl groups is 1. The Bertz CT molecular complexity index is 721. The molecule has 1 aliphatic rings. The average molecular weight is 398 g/mol. The van der Waals surface area contributed by atoms with E-state index in [2.05, 4.69) is 6.58 Å². The highest BCUT2D eigenvalue weighted by Gasteiger charge is 2.44. The molecule has 0 aliphatic carbocycles. The molecular formula is C24H30O5. The predicted octanol–water partition coefficient (Wildman–Crippen LogP) is 3.71. The summed E-state index contributed by atoms with van der Waals surface area (Å²) in [5.41, 5.74) is 2.13. The van der Waals surface area contributed by atoms with E-state index in [1.54, 1.807) is 6.08 Å². The van der Waals surface area contributed by atoms with Crippen molar-refractivity contribution in [3.63, 3.8) is 0 Å². The van der Waals surface area contributed by atoms with E-state index in [0.29, 0.717) is 19.8 Å². The van der Waals surface area contributed by atoms with Crippen LogP contribution < -0.4 is 0 Å². The topological polar surface area (TPSA) is 57.2 Å². The molecule has 1 fully saturated rings. The van der Waals surface area contributed by atoms with E-state index in [0.717, 1.165) is 11.1 Å². The number of hydrogen-bond acceptors (Lipinski definition) is 5. The van der Waals surface area contributed by atoms with Crippen LogP contribution in [-0.2, 0) is 32.2 Å². The van der Waals surface area contributed by atoms with Crippen molar-refractivity contribution in [2.24, 2.45) is 5.92 Å². The minimum absolute atomic E-state index is 0.140. The first kappa shape index (κ1) is 21.7. The standard InChI is InChI=1S/C24H30O5/c1-3-14-27-24-18(2)23(28-16-20-12-8-5-9-13-20)22(25)21(29-24)17-26-15-19-10-6-4-7-11-19/h3-13,18,21-25H,1,14-17H2,2H3/t18?,21?,22-,23-,24+/m0/s1. The second-order valence-corrected chi connectivity index (χ2v) is 7.28. The summed E-state index contributed by atoms with van der Waals surface area (Å²) in [6, 6.07) is 19.8. The van der Waals surface area contributed by atoms with Crippen LogP contribution >= 0.6 is 0 Å². The quantitative estimate of drug-likeness (QED) is 0.618. The molecule has 1 heterocycles. The molecule has 2 aromatic carbocycles. The maximum atomic E-state index is 10.9. The van der Waals surface area contributed by atoms with Gasteiger partial charge in [0.1, 0.15) is 12.2 Å². The molecule has 0 bridgehead atoms. The van der Waals surface area contributed by atoms with Gasteiger partial charge in [0.05, 0.1) is 32.5 Å². The van der Waals surface area contributed by atoms with Gasteiger partial charge in [0.25, 0.3) is 0 Å². The highest BCUT2D eigenvalue weighted by Crippen LogP contribution is 2.30. The van der Waals surface area contributed by atoms with E-state index in [1.807, 2.05) is 67.6 Å². The van der Waals surface area contributed by atoms with E-state index in [9.17, 15) is 5.11 Å². The lowest BCUT2D eigenvalue weighted by atomic mass is 9.92. The highest BCUT2D eigenvalue weighted by molar-refractivity contribution is 5.14. The minimum Gasteiger partial charge on any atom is -0.388 e. The molecule has 2 aromatic rings. The number of benzene rings is 2. The van der Waals surface area contributed by atoms with Gasteiger partial charge in [0, 0.05) is 5.92 Å². The van der Waals surface area contributed by atoms with Crippen LogP contribution in [0.4, 0.5) is 0 Å². The van der Waals surface area contributed by atoms with Crippen molar-refractivity contribution in [2.45, 2.75) is 44.7 Å². The molecule has 156 valence electrons. The van der Waals surface area contributed by atoms with Gasteiger partial charge < -0.3 is 24.1 Å². The molecule has 1 N–H and O–H groups in total. The molecule has 29 heavy (non-hydrogen) atoms. The second kappa shape index (κ2) is 11.2. The van der Waals surface area contributed by atoms with Crippen molar-refractivity contribution in [3.8, 4) is 0 Å². The molecule has 1 aliphatic heterocycles. The van der Waals surface area contributed by atoms with Crippen LogP contribution in [0.2, 0.25) is 0 Å². The van der Waals surface area contributed by atoms with E-state index < -0.39 is 24.6 Å². The van der Waals surface area contributed by atoms with Crippen LogP contribution in [0.15, 0.2) is 73.3 Å². The van der Waals surface area contributed by atoms with Gasteiger partial charge in [-0.1, -0.05) is 73.7 Å². The fraction of sp³-hybridized carbons (Fsp3) is 0.417. The Morgan fingerprint density at radius 2 is 1.59 bits per heavy atom. The molecule has 0 amide bonds. The summed E-state index contributed by atoms with van der Waals surface area (Å²) in [5.74, 6) is -0.140. The molecule has 5 nitrogen and oxygen atoms in total. The lowest BCUT2D eigenvalue weighted by Gasteiger charge is -2.43. The predicted molar refractivity (Wildman–Crippen MR) is 111 cm³/mol. The smallest absolute Gasteiger partial charge is 0.163 e. The molecule has 5 heteroatoms. The third-order valence-electron chi connectivity index (χ3n) is 5.03. The Morgan fingerprint density at radius 1 is 0.966 bits per heavy atom. The van der Waals surface area contributed by atoms with Crippen LogP contribution in [0.25, 0.3) is 0 Å². The Labute approximate surface area is 172 Å². The third kappa shape index (κ3) is 6.23. The normalized spacial score (nSPS) is 26.9. The monoisotopic (exact) mass is 398 g/mol. The van der Waals surface area contributed by atoms with Gasteiger partial charge in [-0.3, -0.25) is 0 Å². The van der Waals surface area contributed by atoms with Crippen LogP contribution in [-0.4, -0.2) is 42.9 Å². The van der Waals surface area contributed by atoms with Gasteiger partial charge in [0.15, 0.2) is 6.29 Å². The number of rotatable bonds is 10. The summed E-state index contributed by atoms with van der Waals surface area (Å²) in [4.78, 5) is 0. The maximum absolute atomic E-state index is 10.9. The SMILES string of the molecule is C=CCO[C@@H]1OC(COCc2ccccc2)[C@H](O)[C@@H](OCc2ccccc2)C1C. The number of aliphatic hydroxyl groups excluding tert-OH is 1. The van der Waals surface area contributed by atoms with Crippen LogP contribution in [0, 0.1) is 5.92 Å². The molecule has 1 saturated heterocycles. The maximum Gasteiger partial charge on any atom is 0.163 e. The van der Waals surface area contributed by atoms with E-state index >= 15 is 0 Å². The van der Waals surface area contributed by atoms with Gasteiger partial charge in [-0.2, -0.15) is 0 Å².